The number of fused-ring (bicyclic) bond motifs is 1. The molecule has 1 aliphatic heterocycles. The van der Waals surface area contributed by atoms with Crippen molar-refractivity contribution in [3.63, 3.8) is 0 Å². The molecule has 0 unspecified atom stereocenters. The average molecular weight is 385 g/mol. The van der Waals surface area contributed by atoms with Gasteiger partial charge in [-0.3, -0.25) is 10.4 Å². The van der Waals surface area contributed by atoms with Gasteiger partial charge in [0.25, 0.3) is 0 Å². The molecule has 0 amide bonds. The number of hydrogen-bond acceptors (Lipinski definition) is 5. The van der Waals surface area contributed by atoms with Crippen LogP contribution in [0.1, 0.15) is 5.69 Å². The highest BCUT2D eigenvalue weighted by Gasteiger charge is 2.23. The van der Waals surface area contributed by atoms with E-state index in [0.717, 1.165) is 31.7 Å². The number of hydrogen-bond donors (Lipinski definition) is 1. The second-order valence-corrected chi connectivity index (χ2v) is 6.56. The maximum absolute atomic E-state index is 5.91. The number of nitrogens with zero attached hydrogens (tertiary/aromatic N) is 4. The van der Waals surface area contributed by atoms with Crippen molar-refractivity contribution in [2.24, 2.45) is 4.99 Å². The third kappa shape index (κ3) is 3.00. The van der Waals surface area contributed by atoms with E-state index in [1.807, 2.05) is 38.2 Å². The molecule has 5 nitrogen and oxygen atoms in total. The lowest BCUT2D eigenvalue weighted by Crippen LogP contribution is -2.41. The summed E-state index contributed by atoms with van der Waals surface area (Å²) in [6.45, 7) is 1.91. The summed E-state index contributed by atoms with van der Waals surface area (Å²) in [4.78, 5) is 14.0. The molecule has 2 aromatic rings. The van der Waals surface area contributed by atoms with Gasteiger partial charge in [-0.25, -0.2) is 9.98 Å². The lowest BCUT2D eigenvalue weighted by Gasteiger charge is -2.28. The molecule has 0 spiro atoms. The van der Waals surface area contributed by atoms with Gasteiger partial charge in [0.15, 0.2) is 11.0 Å². The predicted octanol–water partition coefficient (Wildman–Crippen LogP) is 3.94. The van der Waals surface area contributed by atoms with E-state index in [-0.39, 0.29) is 5.28 Å². The smallest absolute Gasteiger partial charge is 0.224 e. The van der Waals surface area contributed by atoms with E-state index >= 15 is 0 Å². The summed E-state index contributed by atoms with van der Waals surface area (Å²) < 4.78 is 0.942. The van der Waals surface area contributed by atoms with Crippen molar-refractivity contribution in [3.8, 4) is 0 Å². The summed E-state index contributed by atoms with van der Waals surface area (Å²) in [6.07, 6.45) is 0. The summed E-state index contributed by atoms with van der Waals surface area (Å²) in [5.41, 5.74) is 4.87. The van der Waals surface area contributed by atoms with Crippen LogP contribution in [-0.4, -0.2) is 22.2 Å². The molecule has 0 atom stereocenters. The van der Waals surface area contributed by atoms with E-state index in [4.69, 9.17) is 11.6 Å². The van der Waals surface area contributed by atoms with Crippen molar-refractivity contribution in [2.45, 2.75) is 11.8 Å². The van der Waals surface area contributed by atoms with E-state index < -0.39 is 0 Å². The van der Waals surface area contributed by atoms with Crippen LogP contribution in [-0.2, 0) is 0 Å². The normalized spacial score (nSPS) is 15.8. The summed E-state index contributed by atoms with van der Waals surface area (Å²) >= 11 is 10.9. The Balaban J connectivity index is 2.01. The molecule has 0 bridgehead atoms. The fourth-order valence-corrected chi connectivity index (χ4v) is 3.44. The second-order valence-electron chi connectivity index (χ2n) is 4.37. The molecular formula is C13H11BrClN5S. The molecule has 108 valence electrons. The van der Waals surface area contributed by atoms with Crippen molar-refractivity contribution >= 4 is 56.0 Å². The van der Waals surface area contributed by atoms with Crippen molar-refractivity contribution in [1.82, 2.24) is 15.4 Å². The number of aromatic nitrogens is 2. The third-order valence-corrected chi connectivity index (χ3v) is 4.74. The first-order valence-corrected chi connectivity index (χ1v) is 8.09. The number of aryl methyl sites for hydroxylation is 1. The number of hydrazine groups is 1. The standard InChI is InChI=1S/C13H11BrClN5S/c1-7-10-11(18-12(15)16-7)20(2)19-13(21-10)17-9-6-4-3-5-8(9)14/h3-6H,1-2H3,(H,17,19). The van der Waals surface area contributed by atoms with E-state index in [1.54, 1.807) is 5.01 Å². The lowest BCUT2D eigenvalue weighted by molar-refractivity contribution is 0.824. The minimum atomic E-state index is 0.242. The Morgan fingerprint density at radius 2 is 2.10 bits per heavy atom. The Labute approximate surface area is 139 Å². The molecule has 21 heavy (non-hydrogen) atoms. The molecule has 1 aliphatic rings. The molecule has 0 saturated heterocycles. The number of amidine groups is 1. The SMILES string of the molecule is Cc1nc(Cl)nc2c1SC(=Nc1ccccc1Br)NN2C. The highest BCUT2D eigenvalue weighted by molar-refractivity contribution is 9.10. The van der Waals surface area contributed by atoms with Crippen LogP contribution < -0.4 is 10.4 Å². The van der Waals surface area contributed by atoms with Gasteiger partial charge in [0, 0.05) is 11.5 Å². The largest absolute Gasteiger partial charge is 0.275 e. The molecule has 2 heterocycles. The highest BCUT2D eigenvalue weighted by atomic mass is 79.9. The zero-order valence-electron chi connectivity index (χ0n) is 11.3. The Morgan fingerprint density at radius 3 is 2.86 bits per heavy atom. The predicted molar refractivity (Wildman–Crippen MR) is 90.4 cm³/mol. The van der Waals surface area contributed by atoms with E-state index in [9.17, 15) is 0 Å². The lowest BCUT2D eigenvalue weighted by atomic mass is 10.3. The van der Waals surface area contributed by atoms with Crippen molar-refractivity contribution in [1.29, 1.82) is 0 Å². The molecule has 0 saturated carbocycles. The van der Waals surface area contributed by atoms with Gasteiger partial charge in [-0.2, -0.15) is 4.98 Å². The first kappa shape index (κ1) is 14.6. The highest BCUT2D eigenvalue weighted by Crippen LogP contribution is 2.36. The fourth-order valence-electron chi connectivity index (χ4n) is 1.88. The van der Waals surface area contributed by atoms with Crippen molar-refractivity contribution in [3.05, 3.63) is 39.7 Å². The molecule has 8 heteroatoms. The first-order valence-electron chi connectivity index (χ1n) is 6.10. The zero-order chi connectivity index (χ0) is 15.0. The van der Waals surface area contributed by atoms with Crippen LogP contribution >= 0.6 is 39.3 Å². The van der Waals surface area contributed by atoms with Crippen LogP contribution in [0.25, 0.3) is 0 Å². The van der Waals surface area contributed by atoms with Gasteiger partial charge in [0.2, 0.25) is 5.28 Å². The number of halogens is 2. The van der Waals surface area contributed by atoms with Gasteiger partial charge in [0.05, 0.1) is 16.3 Å². The molecule has 0 radical (unpaired) electrons. The molecule has 0 fully saturated rings. The average Bonchev–Trinajstić information content (AvgIpc) is 2.43. The quantitative estimate of drug-likeness (QED) is 0.755. The number of benzene rings is 1. The number of para-hydroxylation sites is 1. The van der Waals surface area contributed by atoms with Gasteiger partial charge in [-0.05, 0) is 58.3 Å². The molecule has 1 N–H and O–H groups in total. The first-order chi connectivity index (χ1) is 10.0. The molecule has 0 aliphatic carbocycles. The minimum absolute atomic E-state index is 0.242. The van der Waals surface area contributed by atoms with Crippen LogP contribution in [0.3, 0.4) is 0 Å². The third-order valence-electron chi connectivity index (χ3n) is 2.84. The van der Waals surface area contributed by atoms with Gasteiger partial charge in [0.1, 0.15) is 0 Å². The van der Waals surface area contributed by atoms with Crippen LogP contribution in [0.15, 0.2) is 38.6 Å². The topological polar surface area (TPSA) is 53.4 Å². The molecule has 1 aromatic heterocycles. The fraction of sp³-hybridized carbons (Fsp3) is 0.154. The summed E-state index contributed by atoms with van der Waals surface area (Å²) in [6, 6.07) is 7.80. The van der Waals surface area contributed by atoms with E-state index in [2.05, 4.69) is 36.3 Å². The minimum Gasteiger partial charge on any atom is -0.275 e. The Hall–Kier alpha value is -1.31. The van der Waals surface area contributed by atoms with E-state index in [1.165, 1.54) is 11.8 Å². The molecule has 3 rings (SSSR count). The maximum atomic E-state index is 5.91. The number of rotatable bonds is 1. The molecular weight excluding hydrogens is 374 g/mol. The van der Waals surface area contributed by atoms with Crippen molar-refractivity contribution in [2.75, 3.05) is 12.1 Å². The van der Waals surface area contributed by atoms with Crippen LogP contribution in [0.4, 0.5) is 11.5 Å². The Morgan fingerprint density at radius 1 is 1.33 bits per heavy atom. The summed E-state index contributed by atoms with van der Waals surface area (Å²) in [7, 11) is 1.87. The Kier molecular flexibility index (Phi) is 4.05. The number of anilines is 1. The Bertz CT molecular complexity index is 736. The van der Waals surface area contributed by atoms with Crippen LogP contribution in [0.5, 0.6) is 0 Å². The van der Waals surface area contributed by atoms with Gasteiger partial charge >= 0.3 is 0 Å². The number of aliphatic imine (C=N–C) groups is 1. The summed E-state index contributed by atoms with van der Waals surface area (Å²) in [5, 5.41) is 2.79. The maximum Gasteiger partial charge on any atom is 0.224 e. The number of thioether (sulfide) groups is 1. The zero-order valence-corrected chi connectivity index (χ0v) is 14.4. The van der Waals surface area contributed by atoms with Crippen LogP contribution in [0, 0.1) is 6.92 Å². The second kappa shape index (κ2) is 5.82. The van der Waals surface area contributed by atoms with E-state index in [0.29, 0.717) is 0 Å². The van der Waals surface area contributed by atoms with Crippen LogP contribution in [0.2, 0.25) is 5.28 Å². The van der Waals surface area contributed by atoms with Gasteiger partial charge < -0.3 is 0 Å². The number of nitrogens with one attached hydrogen (secondary N) is 1. The monoisotopic (exact) mass is 383 g/mol. The van der Waals surface area contributed by atoms with Gasteiger partial charge in [-0.1, -0.05) is 12.1 Å². The van der Waals surface area contributed by atoms with Gasteiger partial charge in [-0.15, -0.1) is 0 Å². The summed E-state index contributed by atoms with van der Waals surface area (Å²) in [5.74, 6) is 0.753. The molecule has 1 aromatic carbocycles. The van der Waals surface area contributed by atoms with Crippen molar-refractivity contribution < 1.29 is 0 Å².